The van der Waals surface area contributed by atoms with Crippen LogP contribution in [0.1, 0.15) is 24.2 Å². The molecular weight excluding hydrogens is 354 g/mol. The number of imide groups is 1. The van der Waals surface area contributed by atoms with Crippen LogP contribution < -0.4 is 10.6 Å². The molecule has 1 aromatic heterocycles. The van der Waals surface area contributed by atoms with Crippen molar-refractivity contribution in [1.82, 2.24) is 25.4 Å². The van der Waals surface area contributed by atoms with Crippen LogP contribution >= 0.6 is 0 Å². The van der Waals surface area contributed by atoms with Crippen molar-refractivity contribution < 1.29 is 9.59 Å². The Labute approximate surface area is 165 Å². The first-order chi connectivity index (χ1) is 13.7. The highest BCUT2D eigenvalue weighted by molar-refractivity contribution is 5.97. The summed E-state index contributed by atoms with van der Waals surface area (Å²) in [4.78, 5) is 33.6. The lowest BCUT2D eigenvalue weighted by molar-refractivity contribution is -0.126. The minimum Gasteiger partial charge on any atom is -0.338 e. The van der Waals surface area contributed by atoms with Gasteiger partial charge in [-0.25, -0.2) is 4.79 Å². The van der Waals surface area contributed by atoms with E-state index in [9.17, 15) is 9.59 Å². The van der Waals surface area contributed by atoms with E-state index in [4.69, 9.17) is 0 Å². The van der Waals surface area contributed by atoms with Gasteiger partial charge in [0.1, 0.15) is 6.04 Å². The van der Waals surface area contributed by atoms with E-state index in [0.29, 0.717) is 6.54 Å². The molecule has 148 valence electrons. The molecule has 1 fully saturated rings. The number of carbonyl (C=O) groups is 2. The summed E-state index contributed by atoms with van der Waals surface area (Å²) in [6.45, 7) is 6.27. The van der Waals surface area contributed by atoms with Crippen molar-refractivity contribution in [2.45, 2.75) is 19.5 Å². The summed E-state index contributed by atoms with van der Waals surface area (Å²) >= 11 is 0. The lowest BCUT2D eigenvalue weighted by Gasteiger charge is -2.38. The van der Waals surface area contributed by atoms with Crippen LogP contribution in [0.3, 0.4) is 0 Å². The number of nitrogens with one attached hydrogen (secondary N) is 2. The molecule has 28 heavy (non-hydrogen) atoms. The number of urea groups is 1. The standard InChI is InChI=1S/C21H27N5O2/c1-2-22-21(28)24-20(27)19(17-8-4-3-5-9-17)26-14-12-25(13-15-26)16-18-10-6-7-11-23-18/h3-11,19H,2,12-16H2,1H3,(H2,22,24,27,28). The van der Waals surface area contributed by atoms with Gasteiger partial charge >= 0.3 is 6.03 Å². The topological polar surface area (TPSA) is 77.6 Å². The average molecular weight is 381 g/mol. The molecule has 0 spiro atoms. The monoisotopic (exact) mass is 381 g/mol. The van der Waals surface area contributed by atoms with Crippen LogP contribution in [0.5, 0.6) is 0 Å². The number of aromatic nitrogens is 1. The Bertz CT molecular complexity index is 761. The first-order valence-electron chi connectivity index (χ1n) is 9.67. The number of pyridine rings is 1. The van der Waals surface area contributed by atoms with E-state index in [1.165, 1.54) is 0 Å². The minimum absolute atomic E-state index is 0.296. The number of hydrogen-bond acceptors (Lipinski definition) is 5. The van der Waals surface area contributed by atoms with Crippen molar-refractivity contribution in [3.8, 4) is 0 Å². The van der Waals surface area contributed by atoms with Gasteiger partial charge < -0.3 is 5.32 Å². The second-order valence-electron chi connectivity index (χ2n) is 6.80. The summed E-state index contributed by atoms with van der Waals surface area (Å²) < 4.78 is 0. The van der Waals surface area contributed by atoms with Crippen LogP contribution in [0.2, 0.25) is 0 Å². The maximum Gasteiger partial charge on any atom is 0.321 e. The third-order valence-electron chi connectivity index (χ3n) is 4.82. The van der Waals surface area contributed by atoms with E-state index in [1.54, 1.807) is 0 Å². The van der Waals surface area contributed by atoms with Crippen LogP contribution in [0.25, 0.3) is 0 Å². The van der Waals surface area contributed by atoms with E-state index in [0.717, 1.165) is 44.0 Å². The molecule has 3 rings (SSSR count). The maximum atomic E-state index is 12.9. The SMILES string of the molecule is CCNC(=O)NC(=O)C(c1ccccc1)N1CCN(Cc2ccccn2)CC1. The number of hydrogen-bond donors (Lipinski definition) is 2. The Morgan fingerprint density at radius 1 is 1.04 bits per heavy atom. The van der Waals surface area contributed by atoms with Gasteiger partial charge in [-0.15, -0.1) is 0 Å². The Balaban J connectivity index is 1.66. The molecule has 0 aliphatic carbocycles. The Morgan fingerprint density at radius 3 is 2.39 bits per heavy atom. The molecule has 2 heterocycles. The second-order valence-corrected chi connectivity index (χ2v) is 6.80. The van der Waals surface area contributed by atoms with Crippen molar-refractivity contribution in [3.05, 3.63) is 66.0 Å². The Kier molecular flexibility index (Phi) is 7.11. The van der Waals surface area contributed by atoms with Gasteiger partial charge in [0.15, 0.2) is 0 Å². The molecule has 1 aliphatic heterocycles. The van der Waals surface area contributed by atoms with Gasteiger partial charge in [0, 0.05) is 45.5 Å². The van der Waals surface area contributed by atoms with E-state index in [-0.39, 0.29) is 5.91 Å². The van der Waals surface area contributed by atoms with Crippen LogP contribution in [0.15, 0.2) is 54.7 Å². The quantitative estimate of drug-likeness (QED) is 0.798. The summed E-state index contributed by atoms with van der Waals surface area (Å²) in [5.74, 6) is -0.296. The zero-order valence-electron chi connectivity index (χ0n) is 16.2. The van der Waals surface area contributed by atoms with E-state index in [2.05, 4.69) is 25.4 Å². The number of rotatable bonds is 6. The van der Waals surface area contributed by atoms with Crippen molar-refractivity contribution in [2.24, 2.45) is 0 Å². The number of nitrogens with zero attached hydrogens (tertiary/aromatic N) is 3. The van der Waals surface area contributed by atoms with Crippen LogP contribution in [-0.4, -0.2) is 59.4 Å². The normalized spacial score (nSPS) is 16.3. The van der Waals surface area contributed by atoms with Crippen molar-refractivity contribution in [2.75, 3.05) is 32.7 Å². The minimum atomic E-state index is -0.485. The van der Waals surface area contributed by atoms with E-state index in [1.807, 2.05) is 61.7 Å². The highest BCUT2D eigenvalue weighted by Crippen LogP contribution is 2.23. The molecule has 7 nitrogen and oxygen atoms in total. The molecule has 0 bridgehead atoms. The van der Waals surface area contributed by atoms with Gasteiger partial charge in [-0.1, -0.05) is 36.4 Å². The summed E-state index contributed by atoms with van der Waals surface area (Å²) in [7, 11) is 0. The number of piperazine rings is 1. The van der Waals surface area contributed by atoms with Gasteiger partial charge in [0.05, 0.1) is 5.69 Å². The molecule has 1 atom stereocenters. The predicted octanol–water partition coefficient (Wildman–Crippen LogP) is 1.79. The third kappa shape index (κ3) is 5.37. The van der Waals surface area contributed by atoms with Crippen LogP contribution in [0, 0.1) is 0 Å². The van der Waals surface area contributed by atoms with Gasteiger partial charge in [0.2, 0.25) is 5.91 Å². The predicted molar refractivity (Wildman–Crippen MR) is 107 cm³/mol. The van der Waals surface area contributed by atoms with Gasteiger partial charge in [-0.3, -0.25) is 24.9 Å². The number of benzene rings is 1. The molecule has 0 saturated carbocycles. The lowest BCUT2D eigenvalue weighted by Crippen LogP contribution is -2.52. The summed E-state index contributed by atoms with van der Waals surface area (Å²) in [6.07, 6.45) is 1.81. The van der Waals surface area contributed by atoms with Crippen molar-refractivity contribution >= 4 is 11.9 Å². The second kappa shape index (κ2) is 9.96. The zero-order valence-corrected chi connectivity index (χ0v) is 16.2. The summed E-state index contributed by atoms with van der Waals surface area (Å²) in [6, 6.07) is 14.6. The van der Waals surface area contributed by atoms with E-state index >= 15 is 0 Å². The van der Waals surface area contributed by atoms with Crippen molar-refractivity contribution in [1.29, 1.82) is 0 Å². The molecule has 1 saturated heterocycles. The fraction of sp³-hybridized carbons (Fsp3) is 0.381. The Hall–Kier alpha value is -2.77. The lowest BCUT2D eigenvalue weighted by atomic mass is 10.0. The zero-order chi connectivity index (χ0) is 19.8. The van der Waals surface area contributed by atoms with Crippen LogP contribution in [-0.2, 0) is 11.3 Å². The fourth-order valence-corrected chi connectivity index (χ4v) is 3.45. The first-order valence-corrected chi connectivity index (χ1v) is 9.67. The molecule has 7 heteroatoms. The molecule has 2 N–H and O–H groups in total. The highest BCUT2D eigenvalue weighted by Gasteiger charge is 2.31. The molecule has 1 aromatic carbocycles. The number of amides is 3. The first kappa shape index (κ1) is 20.0. The number of carbonyl (C=O) groups excluding carboxylic acids is 2. The molecule has 0 radical (unpaired) electrons. The molecule has 2 aromatic rings. The molecule has 1 unspecified atom stereocenters. The smallest absolute Gasteiger partial charge is 0.321 e. The van der Waals surface area contributed by atoms with Crippen LogP contribution in [0.4, 0.5) is 4.79 Å². The average Bonchev–Trinajstić information content (AvgIpc) is 2.71. The summed E-state index contributed by atoms with van der Waals surface area (Å²) in [5.41, 5.74) is 1.94. The Morgan fingerprint density at radius 2 is 1.75 bits per heavy atom. The molecular formula is C21H27N5O2. The third-order valence-corrected chi connectivity index (χ3v) is 4.82. The van der Waals surface area contributed by atoms with Gasteiger partial charge in [-0.05, 0) is 24.6 Å². The van der Waals surface area contributed by atoms with Crippen molar-refractivity contribution in [3.63, 3.8) is 0 Å². The summed E-state index contributed by atoms with van der Waals surface area (Å²) in [5, 5.41) is 5.09. The van der Waals surface area contributed by atoms with E-state index < -0.39 is 12.1 Å². The largest absolute Gasteiger partial charge is 0.338 e. The molecule has 3 amide bonds. The molecule has 1 aliphatic rings. The maximum absolute atomic E-state index is 12.9. The van der Waals surface area contributed by atoms with Gasteiger partial charge in [-0.2, -0.15) is 0 Å². The fourth-order valence-electron chi connectivity index (χ4n) is 3.45. The highest BCUT2D eigenvalue weighted by atomic mass is 16.2. The van der Waals surface area contributed by atoms with Gasteiger partial charge in [0.25, 0.3) is 0 Å².